The molecule has 7 nitrogen and oxygen atoms in total. The Labute approximate surface area is 206 Å². The summed E-state index contributed by atoms with van der Waals surface area (Å²) in [4.78, 5) is 13.1. The van der Waals surface area contributed by atoms with Gasteiger partial charge in [-0.25, -0.2) is 8.42 Å². The number of fused-ring (bicyclic) bond motifs is 1. The summed E-state index contributed by atoms with van der Waals surface area (Å²) in [6.07, 6.45) is -0.0369. The van der Waals surface area contributed by atoms with Crippen LogP contribution in [0.3, 0.4) is 0 Å². The number of aryl methyl sites for hydroxylation is 3. The van der Waals surface area contributed by atoms with Crippen LogP contribution >= 0.6 is 0 Å². The van der Waals surface area contributed by atoms with E-state index in [2.05, 4.69) is 12.2 Å². The van der Waals surface area contributed by atoms with Gasteiger partial charge in [0.1, 0.15) is 18.1 Å². The lowest BCUT2D eigenvalue weighted by molar-refractivity contribution is -0.127. The number of sulfonamides is 1. The molecule has 8 heteroatoms. The number of nitrogens with one attached hydrogen (secondary N) is 1. The fourth-order valence-electron chi connectivity index (χ4n) is 3.84. The van der Waals surface area contributed by atoms with Gasteiger partial charge in [-0.1, -0.05) is 42.8 Å². The largest absolute Gasteiger partial charge is 0.492 e. The van der Waals surface area contributed by atoms with E-state index in [-0.39, 0.29) is 24.6 Å². The number of rotatable bonds is 8. The topological polar surface area (TPSA) is 84.9 Å². The van der Waals surface area contributed by atoms with Crippen LogP contribution in [-0.4, -0.2) is 40.1 Å². The summed E-state index contributed by atoms with van der Waals surface area (Å²) in [5.74, 6) is 0.690. The monoisotopic (exact) mass is 494 g/mol. The zero-order valence-corrected chi connectivity index (χ0v) is 21.0. The highest BCUT2D eigenvalue weighted by Crippen LogP contribution is 2.37. The summed E-state index contributed by atoms with van der Waals surface area (Å²) in [5, 5.41) is 2.80. The van der Waals surface area contributed by atoms with Crippen molar-refractivity contribution < 1.29 is 22.7 Å². The fraction of sp³-hybridized carbons (Fsp3) is 0.296. The Kier molecular flexibility index (Phi) is 7.31. The van der Waals surface area contributed by atoms with Crippen molar-refractivity contribution in [2.45, 2.75) is 38.2 Å². The molecule has 0 bridgehead atoms. The molecular formula is C27H30N2O5S. The third kappa shape index (κ3) is 5.59. The Hall–Kier alpha value is -3.52. The van der Waals surface area contributed by atoms with Crippen molar-refractivity contribution in [2.75, 3.05) is 24.0 Å². The summed E-state index contributed by atoms with van der Waals surface area (Å²) < 4.78 is 39.9. The van der Waals surface area contributed by atoms with Crippen LogP contribution in [0.2, 0.25) is 0 Å². The van der Waals surface area contributed by atoms with Crippen LogP contribution in [0.5, 0.6) is 11.5 Å². The van der Waals surface area contributed by atoms with Crippen LogP contribution in [0.15, 0.2) is 71.6 Å². The standard InChI is InChI=1S/C27H30N2O5S/c1-4-21-8-10-22(11-9-21)33-16-15-28-27(30)26-18-29(24-14-7-20(3)17-25(24)34-26)35(31,32)23-12-5-19(2)6-13-23/h5-14,17,26H,4,15-16,18H2,1-3H3,(H,28,30)/t26-/m0/s1. The first-order valence-corrected chi connectivity index (χ1v) is 13.1. The maximum atomic E-state index is 13.5. The normalized spacial score (nSPS) is 15.2. The molecule has 0 saturated carbocycles. The number of benzene rings is 3. The van der Waals surface area contributed by atoms with Gasteiger partial charge in [-0.05, 0) is 67.8 Å². The van der Waals surface area contributed by atoms with Crippen LogP contribution in [0, 0.1) is 13.8 Å². The number of hydrogen-bond acceptors (Lipinski definition) is 5. The first kappa shape index (κ1) is 24.6. The molecule has 0 aliphatic carbocycles. The summed E-state index contributed by atoms with van der Waals surface area (Å²) in [6.45, 7) is 6.29. The fourth-order valence-corrected chi connectivity index (χ4v) is 5.32. The van der Waals surface area contributed by atoms with Gasteiger partial charge >= 0.3 is 0 Å². The average molecular weight is 495 g/mol. The van der Waals surface area contributed by atoms with Crippen LogP contribution in [0.25, 0.3) is 0 Å². The smallest absolute Gasteiger partial charge is 0.264 e. The second-order valence-corrected chi connectivity index (χ2v) is 10.4. The van der Waals surface area contributed by atoms with E-state index < -0.39 is 22.0 Å². The highest BCUT2D eigenvalue weighted by atomic mass is 32.2. The number of nitrogens with zero attached hydrogens (tertiary/aromatic N) is 1. The number of anilines is 1. The van der Waals surface area contributed by atoms with Gasteiger partial charge in [0.15, 0.2) is 6.10 Å². The summed E-state index contributed by atoms with van der Waals surface area (Å²) in [6, 6.07) is 19.8. The van der Waals surface area contributed by atoms with E-state index in [1.54, 1.807) is 36.4 Å². The summed E-state index contributed by atoms with van der Waals surface area (Å²) >= 11 is 0. The molecule has 35 heavy (non-hydrogen) atoms. The average Bonchev–Trinajstić information content (AvgIpc) is 2.86. The van der Waals surface area contributed by atoms with Crippen molar-refractivity contribution in [3.05, 3.63) is 83.4 Å². The third-order valence-corrected chi connectivity index (χ3v) is 7.68. The number of amides is 1. The first-order chi connectivity index (χ1) is 16.8. The molecule has 0 fully saturated rings. The van der Waals surface area contributed by atoms with E-state index in [0.717, 1.165) is 23.3 Å². The minimum absolute atomic E-state index is 0.128. The Morgan fingerprint density at radius 1 is 1.03 bits per heavy atom. The zero-order chi connectivity index (χ0) is 25.0. The summed E-state index contributed by atoms with van der Waals surface area (Å²) in [5.41, 5.74) is 3.50. The maximum absolute atomic E-state index is 13.5. The molecule has 3 aromatic rings. The van der Waals surface area contributed by atoms with Crippen LogP contribution in [-0.2, 0) is 21.2 Å². The molecule has 0 radical (unpaired) electrons. The van der Waals surface area contributed by atoms with Gasteiger partial charge < -0.3 is 14.8 Å². The van der Waals surface area contributed by atoms with Crippen molar-refractivity contribution in [1.82, 2.24) is 5.32 Å². The van der Waals surface area contributed by atoms with Gasteiger partial charge in [-0.3, -0.25) is 9.10 Å². The minimum atomic E-state index is -3.89. The van der Waals surface area contributed by atoms with Crippen molar-refractivity contribution in [3.8, 4) is 11.5 Å². The Bertz CT molecular complexity index is 1290. The van der Waals surface area contributed by atoms with Gasteiger partial charge in [-0.2, -0.15) is 0 Å². The van der Waals surface area contributed by atoms with E-state index in [9.17, 15) is 13.2 Å². The van der Waals surface area contributed by atoms with Crippen molar-refractivity contribution in [3.63, 3.8) is 0 Å². The Morgan fingerprint density at radius 3 is 2.40 bits per heavy atom. The molecule has 1 N–H and O–H groups in total. The molecule has 184 valence electrons. The number of carbonyl (C=O) groups is 1. The molecule has 4 rings (SSSR count). The molecule has 0 aromatic heterocycles. The Balaban J connectivity index is 1.46. The third-order valence-electron chi connectivity index (χ3n) is 5.89. The highest BCUT2D eigenvalue weighted by molar-refractivity contribution is 7.92. The number of hydrogen-bond donors (Lipinski definition) is 1. The molecule has 1 aliphatic heterocycles. The SMILES string of the molecule is CCc1ccc(OCCNC(=O)[C@@H]2CN(S(=O)(=O)c3ccc(C)cc3)c3ccc(C)cc3O2)cc1. The lowest BCUT2D eigenvalue weighted by Crippen LogP contribution is -2.51. The molecule has 0 unspecified atom stereocenters. The predicted molar refractivity (Wildman–Crippen MR) is 136 cm³/mol. The number of carbonyl (C=O) groups excluding carboxylic acids is 1. The lowest BCUT2D eigenvalue weighted by Gasteiger charge is -2.35. The van der Waals surface area contributed by atoms with Gasteiger partial charge in [0, 0.05) is 0 Å². The van der Waals surface area contributed by atoms with Gasteiger partial charge in [-0.15, -0.1) is 0 Å². The zero-order valence-electron chi connectivity index (χ0n) is 20.2. The molecule has 1 amide bonds. The van der Waals surface area contributed by atoms with Crippen LogP contribution in [0.1, 0.15) is 23.6 Å². The second kappa shape index (κ2) is 10.4. The molecular weight excluding hydrogens is 464 g/mol. The van der Waals surface area contributed by atoms with Crippen molar-refractivity contribution in [1.29, 1.82) is 0 Å². The van der Waals surface area contributed by atoms with Crippen molar-refractivity contribution in [2.24, 2.45) is 0 Å². The quantitative estimate of drug-likeness (QED) is 0.478. The second-order valence-electron chi connectivity index (χ2n) is 8.56. The molecule has 1 heterocycles. The van der Waals surface area contributed by atoms with Crippen molar-refractivity contribution >= 4 is 21.6 Å². The van der Waals surface area contributed by atoms with Gasteiger partial charge in [0.2, 0.25) is 0 Å². The van der Waals surface area contributed by atoms with Crippen LogP contribution in [0.4, 0.5) is 5.69 Å². The minimum Gasteiger partial charge on any atom is -0.492 e. The van der Waals surface area contributed by atoms with E-state index in [4.69, 9.17) is 9.47 Å². The highest BCUT2D eigenvalue weighted by Gasteiger charge is 2.37. The van der Waals surface area contributed by atoms with Gasteiger partial charge in [0.05, 0.1) is 23.7 Å². The van der Waals surface area contributed by atoms with E-state index >= 15 is 0 Å². The van der Waals surface area contributed by atoms with Gasteiger partial charge in [0.25, 0.3) is 15.9 Å². The summed E-state index contributed by atoms with van der Waals surface area (Å²) in [7, 11) is -3.89. The molecule has 1 aliphatic rings. The first-order valence-electron chi connectivity index (χ1n) is 11.6. The molecule has 0 saturated heterocycles. The lowest BCUT2D eigenvalue weighted by atomic mass is 10.1. The molecule has 0 spiro atoms. The Morgan fingerprint density at radius 2 is 1.71 bits per heavy atom. The van der Waals surface area contributed by atoms with E-state index in [1.807, 2.05) is 44.2 Å². The number of ether oxygens (including phenoxy) is 2. The van der Waals surface area contributed by atoms with E-state index in [1.165, 1.54) is 9.87 Å². The van der Waals surface area contributed by atoms with Crippen LogP contribution < -0.4 is 19.1 Å². The van der Waals surface area contributed by atoms with E-state index in [0.29, 0.717) is 11.4 Å². The molecule has 3 aromatic carbocycles. The maximum Gasteiger partial charge on any atom is 0.264 e. The predicted octanol–water partition coefficient (Wildman–Crippen LogP) is 4.02. The molecule has 1 atom stereocenters.